The summed E-state index contributed by atoms with van der Waals surface area (Å²) in [5, 5.41) is 0. The summed E-state index contributed by atoms with van der Waals surface area (Å²) in [6.07, 6.45) is 12.2. The van der Waals surface area contributed by atoms with Gasteiger partial charge in [-0.15, -0.1) is 6.42 Å². The Kier molecular flexibility index (Phi) is 27.6. The first-order valence-corrected chi connectivity index (χ1v) is 7.39. The molecule has 25 heavy (non-hydrogen) atoms. The fraction of sp³-hybridized carbons (Fsp3) is 0.368. The molecule has 0 bridgehead atoms. The average molecular weight is 541 g/mol. The standard InChI is InChI=1S/C7H7NO.C7H9.C4H8O.CH3.Hf.2H3Si/c8-7(9)6-4-2-1-3-5-6;1-2-7-5-3-4-6-7;1-2-4-5-3-1;;;;/h1-5H,(H2,8,9);3,5H,2,4H2,1H3;1-4H2;1H3;;2*1H3/q;-1;;-1;;;/p-1. The van der Waals surface area contributed by atoms with Gasteiger partial charge >= 0.3 is 0 Å². The van der Waals surface area contributed by atoms with Crippen LogP contribution in [0.1, 0.15) is 43.0 Å². The van der Waals surface area contributed by atoms with Gasteiger partial charge in [-0.1, -0.05) is 43.7 Å². The molecule has 1 saturated heterocycles. The molecule has 3 rings (SSSR count). The van der Waals surface area contributed by atoms with Crippen molar-refractivity contribution < 1.29 is 35.4 Å². The Morgan fingerprint density at radius 2 is 1.72 bits per heavy atom. The quantitative estimate of drug-likeness (QED) is 0.428. The normalized spacial score (nSPS) is 12.9. The molecular weight excluding hydrogens is 509 g/mol. The van der Waals surface area contributed by atoms with Gasteiger partial charge < -0.3 is 22.7 Å². The van der Waals surface area contributed by atoms with Gasteiger partial charge in [0.05, 0.1) is 5.91 Å². The molecule has 1 N–H and O–H groups in total. The van der Waals surface area contributed by atoms with E-state index >= 15 is 0 Å². The Morgan fingerprint density at radius 1 is 1.16 bits per heavy atom. The maximum absolute atomic E-state index is 10.3. The van der Waals surface area contributed by atoms with Crippen molar-refractivity contribution in [3.8, 4) is 0 Å². The molecule has 0 atom stereocenters. The summed E-state index contributed by atoms with van der Waals surface area (Å²) in [5.41, 5.74) is 8.48. The molecule has 3 nitrogen and oxygen atoms in total. The van der Waals surface area contributed by atoms with Crippen LogP contribution in [0.25, 0.3) is 5.73 Å². The molecule has 0 aromatic heterocycles. The number of carbonyl (C=O) groups is 1. The van der Waals surface area contributed by atoms with E-state index in [0.717, 1.165) is 26.1 Å². The summed E-state index contributed by atoms with van der Waals surface area (Å²) in [6, 6.07) is 8.53. The molecule has 140 valence electrons. The minimum atomic E-state index is -0.629. The second kappa shape index (κ2) is 21.5. The first kappa shape index (κ1) is 32.1. The van der Waals surface area contributed by atoms with Crippen LogP contribution in [0.4, 0.5) is 0 Å². The van der Waals surface area contributed by atoms with E-state index in [1.807, 2.05) is 6.07 Å². The number of ether oxygens (including phenoxy) is 1. The Balaban J connectivity index is -0.000000126. The number of rotatable bonds is 2. The summed E-state index contributed by atoms with van der Waals surface area (Å²) in [7, 11) is 0. The van der Waals surface area contributed by atoms with Crippen LogP contribution >= 0.6 is 0 Å². The Morgan fingerprint density at radius 3 is 1.96 bits per heavy atom. The van der Waals surface area contributed by atoms with E-state index < -0.39 is 5.91 Å². The van der Waals surface area contributed by atoms with Gasteiger partial charge in [0.25, 0.3) is 0 Å². The topological polar surface area (TPSA) is 50.1 Å². The third-order valence-electron chi connectivity index (χ3n) is 3.01. The van der Waals surface area contributed by atoms with E-state index in [-0.39, 0.29) is 55.2 Å². The Bertz CT molecular complexity index is 468. The molecule has 2 aliphatic rings. The van der Waals surface area contributed by atoms with E-state index in [2.05, 4.69) is 25.2 Å². The van der Waals surface area contributed by atoms with Crippen molar-refractivity contribution in [2.24, 2.45) is 0 Å². The zero-order valence-corrected chi connectivity index (χ0v) is 23.7. The van der Waals surface area contributed by atoms with Crippen LogP contribution in [0, 0.1) is 13.5 Å². The van der Waals surface area contributed by atoms with Gasteiger partial charge in [-0.2, -0.15) is 6.08 Å². The minimum absolute atomic E-state index is 0. The van der Waals surface area contributed by atoms with Gasteiger partial charge in [-0.05, 0) is 40.3 Å². The molecule has 1 fully saturated rings. The predicted molar refractivity (Wildman–Crippen MR) is 112 cm³/mol. The first-order valence-electron chi connectivity index (χ1n) is 7.39. The van der Waals surface area contributed by atoms with Crippen LogP contribution in [-0.2, 0) is 30.6 Å². The third-order valence-corrected chi connectivity index (χ3v) is 3.01. The monoisotopic (exact) mass is 542 g/mol. The van der Waals surface area contributed by atoms with E-state index in [1.54, 1.807) is 24.3 Å². The molecule has 6 heteroatoms. The second-order valence-corrected chi connectivity index (χ2v) is 4.68. The van der Waals surface area contributed by atoms with Gasteiger partial charge in [0, 0.05) is 39.1 Å². The third kappa shape index (κ3) is 16.6. The van der Waals surface area contributed by atoms with Crippen LogP contribution in [-0.4, -0.2) is 41.1 Å². The Hall–Kier alpha value is -0.566. The maximum Gasteiger partial charge on any atom is 0.0796 e. The summed E-state index contributed by atoms with van der Waals surface area (Å²) in [5.74, 6) is -0.629. The van der Waals surface area contributed by atoms with Crippen molar-refractivity contribution in [3.05, 3.63) is 72.9 Å². The molecular formula is C19H32HfNO2Si2-3. The van der Waals surface area contributed by atoms with E-state index in [1.165, 1.54) is 18.4 Å². The summed E-state index contributed by atoms with van der Waals surface area (Å²) < 4.78 is 4.94. The number of hydrogen-bond acceptors (Lipinski definition) is 2. The number of benzene rings is 1. The number of nitrogens with one attached hydrogen (secondary N) is 1. The average Bonchev–Trinajstić information content (AvgIpc) is 3.24. The number of allylic oxidation sites excluding steroid dienone is 4. The van der Waals surface area contributed by atoms with Crippen molar-refractivity contribution in [3.63, 3.8) is 0 Å². The molecule has 2 radical (unpaired) electrons. The Labute approximate surface area is 181 Å². The van der Waals surface area contributed by atoms with Gasteiger partial charge in [0.15, 0.2) is 0 Å². The first-order chi connectivity index (χ1) is 10.2. The summed E-state index contributed by atoms with van der Waals surface area (Å²) in [4.78, 5) is 10.3. The molecule has 1 aliphatic heterocycles. The molecule has 1 aromatic rings. The van der Waals surface area contributed by atoms with Crippen molar-refractivity contribution in [2.45, 2.75) is 32.6 Å². The molecule has 1 aromatic carbocycles. The largest absolute Gasteiger partial charge is 0.664 e. The zero-order valence-electron chi connectivity index (χ0n) is 16.1. The number of amides is 1. The molecule has 1 heterocycles. The molecule has 0 saturated carbocycles. The van der Waals surface area contributed by atoms with E-state index in [4.69, 9.17) is 10.5 Å². The van der Waals surface area contributed by atoms with Crippen LogP contribution in [0.5, 0.6) is 0 Å². The predicted octanol–water partition coefficient (Wildman–Crippen LogP) is 2.84. The minimum Gasteiger partial charge on any atom is -0.664 e. The van der Waals surface area contributed by atoms with Crippen molar-refractivity contribution in [1.29, 1.82) is 0 Å². The molecule has 1 aliphatic carbocycles. The number of hydrogen-bond donors (Lipinski definition) is 0. The summed E-state index contributed by atoms with van der Waals surface area (Å²) >= 11 is 0. The van der Waals surface area contributed by atoms with Crippen LogP contribution in [0.2, 0.25) is 0 Å². The van der Waals surface area contributed by atoms with Gasteiger partial charge in [-0.3, -0.25) is 6.08 Å². The van der Waals surface area contributed by atoms with Crippen LogP contribution in [0.15, 0.2) is 48.1 Å². The second-order valence-electron chi connectivity index (χ2n) is 4.68. The van der Waals surface area contributed by atoms with Crippen molar-refractivity contribution in [1.82, 2.24) is 0 Å². The van der Waals surface area contributed by atoms with Gasteiger partial charge in [0.2, 0.25) is 0 Å². The fourth-order valence-electron chi connectivity index (χ4n) is 1.79. The smallest absolute Gasteiger partial charge is 0.0796 e. The van der Waals surface area contributed by atoms with Crippen molar-refractivity contribution in [2.75, 3.05) is 13.2 Å². The zero-order chi connectivity index (χ0) is 15.3. The van der Waals surface area contributed by atoms with Crippen LogP contribution in [0.3, 0.4) is 0 Å². The van der Waals surface area contributed by atoms with Gasteiger partial charge in [-0.25, -0.2) is 11.6 Å². The van der Waals surface area contributed by atoms with E-state index in [0.29, 0.717) is 5.56 Å². The molecule has 0 unspecified atom stereocenters. The summed E-state index contributed by atoms with van der Waals surface area (Å²) in [6.45, 7) is 4.15. The van der Waals surface area contributed by atoms with Gasteiger partial charge in [0.1, 0.15) is 0 Å². The SMILES string of the molecule is C1CCOC1.CCC1=[C-]CC=C1.[CH3-].[Hf].[NH-]C(=O)c1ccccc1.[SiH3].[SiH3]. The fourth-order valence-corrected chi connectivity index (χ4v) is 1.79. The number of carbonyl (C=O) groups excluding carboxylic acids is 1. The van der Waals surface area contributed by atoms with E-state index in [9.17, 15) is 4.79 Å². The van der Waals surface area contributed by atoms with Crippen molar-refractivity contribution >= 4 is 27.8 Å². The molecule has 0 spiro atoms. The maximum atomic E-state index is 10.3. The molecule has 1 amide bonds. The van der Waals surface area contributed by atoms with Crippen LogP contribution < -0.4 is 0 Å².